The van der Waals surface area contributed by atoms with Gasteiger partial charge in [-0.3, -0.25) is 0 Å². The number of rotatable bonds is 2. The van der Waals surface area contributed by atoms with Gasteiger partial charge in [0.1, 0.15) is 5.76 Å². The van der Waals surface area contributed by atoms with Gasteiger partial charge in [0, 0.05) is 6.42 Å². The molecule has 3 heteroatoms. The van der Waals surface area contributed by atoms with E-state index in [-0.39, 0.29) is 6.61 Å². The highest BCUT2D eigenvalue weighted by atomic mass is 35.5. The predicted molar refractivity (Wildman–Crippen MR) is 34.5 cm³/mol. The Bertz CT molecular complexity index is 183. The highest BCUT2D eigenvalue weighted by Crippen LogP contribution is 2.12. The molecule has 0 bridgehead atoms. The van der Waals surface area contributed by atoms with Gasteiger partial charge < -0.3 is 9.52 Å². The molecule has 0 fully saturated rings. The second-order valence-electron chi connectivity index (χ2n) is 1.68. The van der Waals surface area contributed by atoms with Crippen molar-refractivity contribution in [1.82, 2.24) is 0 Å². The zero-order valence-electron chi connectivity index (χ0n) is 4.80. The van der Waals surface area contributed by atoms with E-state index >= 15 is 0 Å². The van der Waals surface area contributed by atoms with Crippen molar-refractivity contribution in [3.8, 4) is 0 Å². The molecule has 0 saturated carbocycles. The summed E-state index contributed by atoms with van der Waals surface area (Å²) in [6.07, 6.45) is 0.534. The molecule has 50 valence electrons. The van der Waals surface area contributed by atoms with Crippen LogP contribution in [0.4, 0.5) is 0 Å². The van der Waals surface area contributed by atoms with Crippen molar-refractivity contribution in [2.45, 2.75) is 6.42 Å². The van der Waals surface area contributed by atoms with Crippen LogP contribution in [0.3, 0.4) is 0 Å². The van der Waals surface area contributed by atoms with Gasteiger partial charge in [-0.15, -0.1) is 0 Å². The second-order valence-corrected chi connectivity index (χ2v) is 2.05. The van der Waals surface area contributed by atoms with Crippen LogP contribution in [0.25, 0.3) is 0 Å². The van der Waals surface area contributed by atoms with Crippen LogP contribution >= 0.6 is 11.6 Å². The maximum absolute atomic E-state index is 8.43. The molecule has 1 N–H and O–H groups in total. The molecule has 1 rings (SSSR count). The lowest BCUT2D eigenvalue weighted by Crippen LogP contribution is -1.85. The zero-order valence-corrected chi connectivity index (χ0v) is 5.56. The SMILES string of the molecule is OCCc1ccc(Cl)o1. The average Bonchev–Trinajstić information content (AvgIpc) is 2.17. The molecule has 0 aliphatic carbocycles. The molecular weight excluding hydrogens is 140 g/mol. The van der Waals surface area contributed by atoms with E-state index in [1.807, 2.05) is 0 Å². The van der Waals surface area contributed by atoms with E-state index in [1.165, 1.54) is 0 Å². The molecular formula is C6H7ClO2. The lowest BCUT2D eigenvalue weighted by atomic mass is 10.3. The van der Waals surface area contributed by atoms with Crippen molar-refractivity contribution in [2.24, 2.45) is 0 Å². The first-order valence-corrected chi connectivity index (χ1v) is 3.06. The van der Waals surface area contributed by atoms with E-state index < -0.39 is 0 Å². The monoisotopic (exact) mass is 146 g/mol. The Balaban J connectivity index is 2.61. The van der Waals surface area contributed by atoms with Crippen LogP contribution in [0.2, 0.25) is 5.22 Å². The van der Waals surface area contributed by atoms with Crippen LogP contribution in [0.1, 0.15) is 5.76 Å². The zero-order chi connectivity index (χ0) is 6.69. The van der Waals surface area contributed by atoms with Gasteiger partial charge in [-0.25, -0.2) is 0 Å². The van der Waals surface area contributed by atoms with Crippen LogP contribution in [0, 0.1) is 0 Å². The van der Waals surface area contributed by atoms with E-state index in [9.17, 15) is 0 Å². The van der Waals surface area contributed by atoms with Gasteiger partial charge in [0.2, 0.25) is 0 Å². The summed E-state index contributed by atoms with van der Waals surface area (Å²) in [5.41, 5.74) is 0. The molecule has 0 unspecified atom stereocenters. The lowest BCUT2D eigenvalue weighted by molar-refractivity contribution is 0.288. The summed E-state index contributed by atoms with van der Waals surface area (Å²) in [5.74, 6) is 0.725. The largest absolute Gasteiger partial charge is 0.450 e. The predicted octanol–water partition coefficient (Wildman–Crippen LogP) is 1.47. The van der Waals surface area contributed by atoms with E-state index in [2.05, 4.69) is 0 Å². The van der Waals surface area contributed by atoms with Crippen molar-refractivity contribution < 1.29 is 9.52 Å². The van der Waals surface area contributed by atoms with Crippen LogP contribution in [0.15, 0.2) is 16.5 Å². The fourth-order valence-corrected chi connectivity index (χ4v) is 0.758. The summed E-state index contributed by atoms with van der Waals surface area (Å²) in [6, 6.07) is 3.41. The highest BCUT2D eigenvalue weighted by molar-refractivity contribution is 6.28. The molecule has 0 atom stereocenters. The van der Waals surface area contributed by atoms with Crippen LogP contribution in [0.5, 0.6) is 0 Å². The first kappa shape index (κ1) is 6.65. The summed E-state index contributed by atoms with van der Waals surface area (Å²) in [6.45, 7) is 0.101. The fourth-order valence-electron chi connectivity index (χ4n) is 0.596. The highest BCUT2D eigenvalue weighted by Gasteiger charge is 1.96. The Morgan fingerprint density at radius 3 is 2.78 bits per heavy atom. The number of aliphatic hydroxyl groups is 1. The maximum atomic E-state index is 8.43. The number of aliphatic hydroxyl groups excluding tert-OH is 1. The Hall–Kier alpha value is -0.470. The van der Waals surface area contributed by atoms with Gasteiger partial charge in [0.15, 0.2) is 5.22 Å². The Morgan fingerprint density at radius 1 is 1.56 bits per heavy atom. The molecule has 1 aromatic rings. The van der Waals surface area contributed by atoms with Crippen molar-refractivity contribution >= 4 is 11.6 Å². The molecule has 0 spiro atoms. The summed E-state index contributed by atoms with van der Waals surface area (Å²) in [4.78, 5) is 0. The van der Waals surface area contributed by atoms with Crippen molar-refractivity contribution in [3.05, 3.63) is 23.1 Å². The summed E-state index contributed by atoms with van der Waals surface area (Å²) in [7, 11) is 0. The molecule has 9 heavy (non-hydrogen) atoms. The van der Waals surface area contributed by atoms with Crippen LogP contribution in [-0.4, -0.2) is 11.7 Å². The molecule has 0 aliphatic heterocycles. The maximum Gasteiger partial charge on any atom is 0.193 e. The number of halogens is 1. The first-order valence-electron chi connectivity index (χ1n) is 2.68. The minimum Gasteiger partial charge on any atom is -0.450 e. The fraction of sp³-hybridized carbons (Fsp3) is 0.333. The third kappa shape index (κ3) is 1.73. The molecule has 1 aromatic heterocycles. The van der Waals surface area contributed by atoms with Crippen molar-refractivity contribution in [3.63, 3.8) is 0 Å². The van der Waals surface area contributed by atoms with Gasteiger partial charge >= 0.3 is 0 Å². The summed E-state index contributed by atoms with van der Waals surface area (Å²) < 4.78 is 4.93. The minimum atomic E-state index is 0.101. The van der Waals surface area contributed by atoms with E-state index in [1.54, 1.807) is 12.1 Å². The molecule has 0 aliphatic rings. The Morgan fingerprint density at radius 2 is 2.33 bits per heavy atom. The van der Waals surface area contributed by atoms with Gasteiger partial charge in [-0.2, -0.15) is 0 Å². The third-order valence-electron chi connectivity index (χ3n) is 0.987. The topological polar surface area (TPSA) is 33.4 Å². The normalized spacial score (nSPS) is 10.0. The number of furan rings is 1. The van der Waals surface area contributed by atoms with E-state index in [0.29, 0.717) is 11.6 Å². The van der Waals surface area contributed by atoms with E-state index in [0.717, 1.165) is 5.76 Å². The first-order chi connectivity index (χ1) is 4.33. The standard InChI is InChI=1S/C6H7ClO2/c7-6-2-1-5(9-6)3-4-8/h1-2,8H,3-4H2. The third-order valence-corrected chi connectivity index (χ3v) is 1.19. The number of hydrogen-bond donors (Lipinski definition) is 1. The lowest BCUT2D eigenvalue weighted by Gasteiger charge is -1.86. The molecule has 0 amide bonds. The van der Waals surface area contributed by atoms with Gasteiger partial charge in [0.05, 0.1) is 6.61 Å². The van der Waals surface area contributed by atoms with Crippen molar-refractivity contribution in [2.75, 3.05) is 6.61 Å². The smallest absolute Gasteiger partial charge is 0.193 e. The van der Waals surface area contributed by atoms with Gasteiger partial charge in [-0.1, -0.05) is 0 Å². The molecule has 0 radical (unpaired) electrons. The van der Waals surface area contributed by atoms with E-state index in [4.69, 9.17) is 21.1 Å². The van der Waals surface area contributed by atoms with Crippen molar-refractivity contribution in [1.29, 1.82) is 0 Å². The summed E-state index contributed by atoms with van der Waals surface area (Å²) >= 11 is 5.45. The van der Waals surface area contributed by atoms with Crippen LogP contribution in [-0.2, 0) is 6.42 Å². The van der Waals surface area contributed by atoms with Gasteiger partial charge in [0.25, 0.3) is 0 Å². The molecule has 0 saturated heterocycles. The minimum absolute atomic E-state index is 0.101. The quantitative estimate of drug-likeness (QED) is 0.686. The summed E-state index contributed by atoms with van der Waals surface area (Å²) in [5, 5.41) is 8.80. The second kappa shape index (κ2) is 2.90. The van der Waals surface area contributed by atoms with Crippen LogP contribution < -0.4 is 0 Å². The number of hydrogen-bond acceptors (Lipinski definition) is 2. The molecule has 1 heterocycles. The molecule has 2 nitrogen and oxygen atoms in total. The Kier molecular flexibility index (Phi) is 2.14. The Labute approximate surface area is 58.1 Å². The molecule has 0 aromatic carbocycles. The average molecular weight is 147 g/mol. The van der Waals surface area contributed by atoms with Gasteiger partial charge in [-0.05, 0) is 23.7 Å².